The van der Waals surface area contributed by atoms with E-state index in [9.17, 15) is 18.7 Å². The number of likely N-dealkylation sites (tertiary alicyclic amines) is 1. The lowest BCUT2D eigenvalue weighted by molar-refractivity contribution is -0.0212. The van der Waals surface area contributed by atoms with E-state index in [1.54, 1.807) is 18.2 Å². The van der Waals surface area contributed by atoms with Crippen molar-refractivity contribution in [1.29, 1.82) is 0 Å². The number of nitrogens with zero attached hydrogens (tertiary/aromatic N) is 1. The molecule has 2 aromatic carbocycles. The van der Waals surface area contributed by atoms with Crippen LogP contribution in [0.2, 0.25) is 0 Å². The Bertz CT molecular complexity index is 707. The predicted molar refractivity (Wildman–Crippen MR) is 81.8 cm³/mol. The highest BCUT2D eigenvalue weighted by atomic mass is 19.1. The lowest BCUT2D eigenvalue weighted by atomic mass is 9.84. The molecule has 0 aliphatic carbocycles. The van der Waals surface area contributed by atoms with Crippen molar-refractivity contribution in [3.05, 3.63) is 71.3 Å². The van der Waals surface area contributed by atoms with Crippen molar-refractivity contribution in [2.45, 2.75) is 18.4 Å². The molecule has 5 heteroatoms. The molecule has 0 spiro atoms. The highest BCUT2D eigenvalue weighted by molar-refractivity contribution is 5.94. The SMILES string of the molecule is O=C(c1ccccc1F)N1CCC(O)(c2ccc(F)cc2)CC1. The topological polar surface area (TPSA) is 40.5 Å². The monoisotopic (exact) mass is 317 g/mol. The van der Waals surface area contributed by atoms with Gasteiger partial charge in [0.05, 0.1) is 11.2 Å². The van der Waals surface area contributed by atoms with Crippen LogP contribution in [0.5, 0.6) is 0 Å². The van der Waals surface area contributed by atoms with E-state index in [-0.39, 0.29) is 17.3 Å². The van der Waals surface area contributed by atoms with Gasteiger partial charge in [0.25, 0.3) is 5.91 Å². The van der Waals surface area contributed by atoms with Gasteiger partial charge in [-0.1, -0.05) is 24.3 Å². The molecule has 0 bridgehead atoms. The molecule has 1 heterocycles. The molecule has 2 aromatic rings. The fourth-order valence-corrected chi connectivity index (χ4v) is 2.93. The molecule has 3 rings (SSSR count). The first-order valence-corrected chi connectivity index (χ1v) is 7.52. The molecule has 1 N–H and O–H groups in total. The summed E-state index contributed by atoms with van der Waals surface area (Å²) in [6.45, 7) is 0.641. The average Bonchev–Trinajstić information content (AvgIpc) is 2.56. The van der Waals surface area contributed by atoms with Crippen molar-refractivity contribution in [3.8, 4) is 0 Å². The number of amides is 1. The third kappa shape index (κ3) is 3.10. The minimum absolute atomic E-state index is 0.0414. The van der Waals surface area contributed by atoms with Crippen LogP contribution in [0, 0.1) is 11.6 Å². The van der Waals surface area contributed by atoms with E-state index in [1.165, 1.54) is 35.2 Å². The zero-order valence-electron chi connectivity index (χ0n) is 12.5. The van der Waals surface area contributed by atoms with Crippen molar-refractivity contribution in [2.24, 2.45) is 0 Å². The van der Waals surface area contributed by atoms with Gasteiger partial charge in [-0.15, -0.1) is 0 Å². The molecule has 3 nitrogen and oxygen atoms in total. The average molecular weight is 317 g/mol. The van der Waals surface area contributed by atoms with Gasteiger partial charge >= 0.3 is 0 Å². The van der Waals surface area contributed by atoms with Crippen LogP contribution < -0.4 is 0 Å². The molecule has 1 fully saturated rings. The van der Waals surface area contributed by atoms with E-state index in [4.69, 9.17) is 0 Å². The van der Waals surface area contributed by atoms with Crippen molar-refractivity contribution in [1.82, 2.24) is 4.90 Å². The second-order valence-corrected chi connectivity index (χ2v) is 5.81. The number of hydrogen-bond acceptors (Lipinski definition) is 2. The minimum atomic E-state index is -1.08. The molecule has 0 saturated carbocycles. The number of piperidine rings is 1. The van der Waals surface area contributed by atoms with Crippen LogP contribution in [-0.4, -0.2) is 29.0 Å². The van der Waals surface area contributed by atoms with Gasteiger partial charge in [0, 0.05) is 13.1 Å². The van der Waals surface area contributed by atoms with Crippen LogP contribution in [0.4, 0.5) is 8.78 Å². The van der Waals surface area contributed by atoms with Crippen molar-refractivity contribution in [3.63, 3.8) is 0 Å². The molecule has 1 aliphatic rings. The zero-order chi connectivity index (χ0) is 16.4. The molecule has 1 saturated heterocycles. The Morgan fingerprint density at radius 1 is 1.00 bits per heavy atom. The second kappa shape index (κ2) is 6.08. The van der Waals surface area contributed by atoms with E-state index in [2.05, 4.69) is 0 Å². The standard InChI is InChI=1S/C18H17F2NO2/c19-14-7-5-13(6-8-14)18(23)9-11-21(12-10-18)17(22)15-3-1-2-4-16(15)20/h1-8,23H,9-12H2. The Balaban J connectivity index is 1.72. The predicted octanol–water partition coefficient (Wildman–Crippen LogP) is 3.09. The summed E-state index contributed by atoms with van der Waals surface area (Å²) in [5.74, 6) is -1.27. The van der Waals surface area contributed by atoms with E-state index in [0.717, 1.165) is 0 Å². The largest absolute Gasteiger partial charge is 0.385 e. The molecule has 120 valence electrons. The first-order valence-electron chi connectivity index (χ1n) is 7.52. The normalized spacial score (nSPS) is 17.1. The Morgan fingerprint density at radius 3 is 2.22 bits per heavy atom. The summed E-state index contributed by atoms with van der Waals surface area (Å²) in [6.07, 6.45) is 0.664. The molecule has 0 atom stereocenters. The zero-order valence-corrected chi connectivity index (χ0v) is 12.5. The summed E-state index contributed by atoms with van der Waals surface area (Å²) >= 11 is 0. The van der Waals surface area contributed by atoms with Gasteiger partial charge in [-0.05, 0) is 42.7 Å². The fourth-order valence-electron chi connectivity index (χ4n) is 2.93. The summed E-state index contributed by atoms with van der Waals surface area (Å²) in [7, 11) is 0. The Morgan fingerprint density at radius 2 is 1.61 bits per heavy atom. The van der Waals surface area contributed by atoms with Crippen LogP contribution in [-0.2, 0) is 5.60 Å². The molecule has 0 aromatic heterocycles. The van der Waals surface area contributed by atoms with Crippen molar-refractivity contribution in [2.75, 3.05) is 13.1 Å². The lowest BCUT2D eigenvalue weighted by Crippen LogP contribution is -2.45. The third-order valence-electron chi connectivity index (χ3n) is 4.36. The summed E-state index contributed by atoms with van der Waals surface area (Å²) in [5, 5.41) is 10.7. The Labute approximate surface area is 133 Å². The van der Waals surface area contributed by atoms with Crippen LogP contribution >= 0.6 is 0 Å². The van der Waals surface area contributed by atoms with Gasteiger partial charge in [-0.3, -0.25) is 4.79 Å². The number of rotatable bonds is 2. The van der Waals surface area contributed by atoms with Gasteiger partial charge in [-0.2, -0.15) is 0 Å². The summed E-state index contributed by atoms with van der Waals surface area (Å²) < 4.78 is 26.7. The molecule has 1 aliphatic heterocycles. The first-order chi connectivity index (χ1) is 11.0. The molecule has 0 radical (unpaired) electrons. The minimum Gasteiger partial charge on any atom is -0.385 e. The number of carbonyl (C=O) groups is 1. The Kier molecular flexibility index (Phi) is 4.13. The molecule has 1 amide bonds. The molecular formula is C18H17F2NO2. The second-order valence-electron chi connectivity index (χ2n) is 5.81. The van der Waals surface area contributed by atoms with Crippen LogP contribution in [0.1, 0.15) is 28.8 Å². The fraction of sp³-hybridized carbons (Fsp3) is 0.278. The summed E-state index contributed by atoms with van der Waals surface area (Å²) in [6, 6.07) is 11.6. The van der Waals surface area contributed by atoms with Gasteiger partial charge in [0.1, 0.15) is 11.6 Å². The number of hydrogen-bond donors (Lipinski definition) is 1. The maximum absolute atomic E-state index is 13.7. The highest BCUT2D eigenvalue weighted by Crippen LogP contribution is 2.33. The van der Waals surface area contributed by atoms with Crippen molar-refractivity contribution < 1.29 is 18.7 Å². The van der Waals surface area contributed by atoms with Gasteiger partial charge in [-0.25, -0.2) is 8.78 Å². The number of benzene rings is 2. The van der Waals surface area contributed by atoms with E-state index in [1.807, 2.05) is 0 Å². The van der Waals surface area contributed by atoms with Crippen molar-refractivity contribution >= 4 is 5.91 Å². The first kappa shape index (κ1) is 15.6. The van der Waals surface area contributed by atoms with Gasteiger partial charge in [0.15, 0.2) is 0 Å². The quantitative estimate of drug-likeness (QED) is 0.925. The van der Waals surface area contributed by atoms with Crippen LogP contribution in [0.3, 0.4) is 0 Å². The third-order valence-corrected chi connectivity index (χ3v) is 4.36. The summed E-state index contributed by atoms with van der Waals surface area (Å²) in [5.41, 5.74) is -0.406. The van der Waals surface area contributed by atoms with Gasteiger partial charge < -0.3 is 10.0 Å². The smallest absolute Gasteiger partial charge is 0.256 e. The molecule has 23 heavy (non-hydrogen) atoms. The van der Waals surface area contributed by atoms with E-state index in [0.29, 0.717) is 31.5 Å². The number of carbonyl (C=O) groups excluding carboxylic acids is 1. The summed E-state index contributed by atoms with van der Waals surface area (Å²) in [4.78, 5) is 13.9. The van der Waals surface area contributed by atoms with E-state index < -0.39 is 11.4 Å². The number of halogens is 2. The Hall–Kier alpha value is -2.27. The van der Waals surface area contributed by atoms with Crippen LogP contribution in [0.25, 0.3) is 0 Å². The highest BCUT2D eigenvalue weighted by Gasteiger charge is 2.36. The lowest BCUT2D eigenvalue weighted by Gasteiger charge is -2.38. The molecule has 0 unspecified atom stereocenters. The number of aliphatic hydroxyl groups is 1. The maximum Gasteiger partial charge on any atom is 0.256 e. The molecular weight excluding hydrogens is 300 g/mol. The van der Waals surface area contributed by atoms with Gasteiger partial charge in [0.2, 0.25) is 0 Å². The maximum atomic E-state index is 13.7. The van der Waals surface area contributed by atoms with E-state index >= 15 is 0 Å². The van der Waals surface area contributed by atoms with Crippen LogP contribution in [0.15, 0.2) is 48.5 Å².